The number of carbonyl (C=O) groups is 1. The number of ether oxygens (including phenoxy) is 2. The number of nitrogens with one attached hydrogen (secondary N) is 1. The molecule has 0 saturated carbocycles. The highest BCUT2D eigenvalue weighted by Crippen LogP contribution is 2.21. The number of aliphatic hydroxyl groups is 3. The maximum absolute atomic E-state index is 11.0. The predicted octanol–water partition coefficient (Wildman–Crippen LogP) is -2.03. The topological polar surface area (TPSA) is 108 Å². The molecule has 1 saturated heterocycles. The van der Waals surface area contributed by atoms with Gasteiger partial charge >= 0.3 is 0 Å². The van der Waals surface area contributed by atoms with Crippen LogP contribution in [0, 0.1) is 0 Å². The van der Waals surface area contributed by atoms with Gasteiger partial charge in [0.15, 0.2) is 6.29 Å². The summed E-state index contributed by atoms with van der Waals surface area (Å²) < 4.78 is 10.5. The van der Waals surface area contributed by atoms with E-state index >= 15 is 0 Å². The first-order valence-electron chi connectivity index (χ1n) is 5.52. The number of hydrogen-bond acceptors (Lipinski definition) is 6. The zero-order valence-electron chi connectivity index (χ0n) is 9.87. The molecule has 0 spiro atoms. The van der Waals surface area contributed by atoms with E-state index in [9.17, 15) is 15.0 Å². The summed E-state index contributed by atoms with van der Waals surface area (Å²) in [6, 6.07) is -0.856. The minimum absolute atomic E-state index is 0.321. The van der Waals surface area contributed by atoms with Gasteiger partial charge in [0.25, 0.3) is 0 Å². The molecule has 0 unspecified atom stereocenters. The third-order valence-corrected chi connectivity index (χ3v) is 2.58. The molecule has 0 aromatic carbocycles. The van der Waals surface area contributed by atoms with Crippen LogP contribution in [0.2, 0.25) is 0 Å². The molecule has 0 aromatic heterocycles. The fraction of sp³-hybridized carbons (Fsp3) is 0.900. The van der Waals surface area contributed by atoms with Crippen LogP contribution in [-0.2, 0) is 14.3 Å². The van der Waals surface area contributed by atoms with Crippen molar-refractivity contribution in [3.63, 3.8) is 0 Å². The number of carbonyl (C=O) groups excluding carboxylic acids is 1. The Hall–Kier alpha value is -0.730. The van der Waals surface area contributed by atoms with E-state index in [1.807, 2.05) is 0 Å². The van der Waals surface area contributed by atoms with Crippen molar-refractivity contribution in [1.82, 2.24) is 5.32 Å². The SMILES string of the molecule is CCO[C@H]1O[C@@H](CO)[C@@H](O)[C@@H](O)[C@H]1NC(C)=O. The zero-order valence-corrected chi connectivity index (χ0v) is 9.87. The van der Waals surface area contributed by atoms with Crippen molar-refractivity contribution in [1.29, 1.82) is 0 Å². The van der Waals surface area contributed by atoms with Crippen LogP contribution < -0.4 is 5.32 Å². The van der Waals surface area contributed by atoms with Crippen LogP contribution in [0.25, 0.3) is 0 Å². The Morgan fingerprint density at radius 3 is 2.53 bits per heavy atom. The number of hydrogen-bond donors (Lipinski definition) is 4. The van der Waals surface area contributed by atoms with Gasteiger partial charge in [-0.3, -0.25) is 4.79 Å². The second kappa shape index (κ2) is 6.27. The van der Waals surface area contributed by atoms with E-state index in [1.54, 1.807) is 6.92 Å². The molecule has 1 aliphatic heterocycles. The molecule has 1 heterocycles. The Labute approximate surface area is 99.3 Å². The van der Waals surface area contributed by atoms with Crippen molar-refractivity contribution in [2.75, 3.05) is 13.2 Å². The van der Waals surface area contributed by atoms with Gasteiger partial charge in [0.2, 0.25) is 5.91 Å². The van der Waals surface area contributed by atoms with E-state index in [0.29, 0.717) is 6.61 Å². The molecule has 1 rings (SSSR count). The van der Waals surface area contributed by atoms with Crippen LogP contribution in [0.3, 0.4) is 0 Å². The molecular weight excluding hydrogens is 230 g/mol. The molecule has 0 bridgehead atoms. The smallest absolute Gasteiger partial charge is 0.217 e. The minimum Gasteiger partial charge on any atom is -0.394 e. The molecule has 7 heteroatoms. The molecular formula is C10H19NO6. The quantitative estimate of drug-likeness (QED) is 0.457. The molecule has 1 amide bonds. The number of amides is 1. The van der Waals surface area contributed by atoms with E-state index in [-0.39, 0.29) is 5.91 Å². The molecule has 0 aromatic rings. The highest BCUT2D eigenvalue weighted by molar-refractivity contribution is 5.73. The van der Waals surface area contributed by atoms with E-state index in [0.717, 1.165) is 0 Å². The predicted molar refractivity (Wildman–Crippen MR) is 57.0 cm³/mol. The minimum atomic E-state index is -1.27. The van der Waals surface area contributed by atoms with Crippen LogP contribution in [0.5, 0.6) is 0 Å². The van der Waals surface area contributed by atoms with Crippen molar-refractivity contribution in [2.24, 2.45) is 0 Å². The molecule has 5 atom stereocenters. The van der Waals surface area contributed by atoms with Gasteiger partial charge in [-0.15, -0.1) is 0 Å². The van der Waals surface area contributed by atoms with Crippen molar-refractivity contribution < 1.29 is 29.6 Å². The molecule has 1 aliphatic rings. The molecule has 4 N–H and O–H groups in total. The Morgan fingerprint density at radius 2 is 2.06 bits per heavy atom. The van der Waals surface area contributed by atoms with Gasteiger partial charge in [-0.25, -0.2) is 0 Å². The van der Waals surface area contributed by atoms with Gasteiger partial charge < -0.3 is 30.1 Å². The summed E-state index contributed by atoms with van der Waals surface area (Å²) in [6.07, 6.45) is -4.33. The summed E-state index contributed by atoms with van der Waals surface area (Å²) in [4.78, 5) is 11.0. The fourth-order valence-corrected chi connectivity index (χ4v) is 1.78. The molecule has 17 heavy (non-hydrogen) atoms. The first kappa shape index (κ1) is 14.3. The molecule has 1 fully saturated rings. The van der Waals surface area contributed by atoms with E-state index in [4.69, 9.17) is 14.6 Å². The van der Waals surface area contributed by atoms with Crippen molar-refractivity contribution in [3.05, 3.63) is 0 Å². The maximum Gasteiger partial charge on any atom is 0.217 e. The summed E-state index contributed by atoms with van der Waals surface area (Å²) in [7, 11) is 0. The maximum atomic E-state index is 11.0. The van der Waals surface area contributed by atoms with Crippen molar-refractivity contribution in [3.8, 4) is 0 Å². The lowest BCUT2D eigenvalue weighted by molar-refractivity contribution is -0.268. The number of aliphatic hydroxyl groups excluding tert-OH is 3. The fourth-order valence-electron chi connectivity index (χ4n) is 1.78. The standard InChI is InChI=1S/C10H19NO6/c1-3-16-10-7(11-5(2)13)9(15)8(14)6(4-12)17-10/h6-10,12,14-15H,3-4H2,1-2H3,(H,11,13)/t6-,7+,8+,9-,10-/m0/s1. The van der Waals surface area contributed by atoms with Gasteiger partial charge in [0.1, 0.15) is 24.4 Å². The second-order valence-electron chi connectivity index (χ2n) is 3.89. The highest BCUT2D eigenvalue weighted by Gasteiger charge is 2.45. The molecule has 100 valence electrons. The van der Waals surface area contributed by atoms with Gasteiger partial charge in [-0.1, -0.05) is 0 Å². The van der Waals surface area contributed by atoms with Gasteiger partial charge in [0, 0.05) is 13.5 Å². The van der Waals surface area contributed by atoms with Crippen molar-refractivity contribution >= 4 is 5.91 Å². The third-order valence-electron chi connectivity index (χ3n) is 2.58. The molecule has 0 radical (unpaired) electrons. The lowest BCUT2D eigenvalue weighted by atomic mass is 9.97. The Kier molecular flexibility index (Phi) is 5.29. The molecule has 0 aliphatic carbocycles. The Balaban J connectivity index is 2.78. The van der Waals surface area contributed by atoms with Crippen LogP contribution in [-0.4, -0.2) is 65.1 Å². The lowest BCUT2D eigenvalue weighted by Crippen LogP contribution is -2.64. The normalized spacial score (nSPS) is 37.8. The first-order chi connectivity index (χ1) is 8.01. The van der Waals surface area contributed by atoms with Crippen LogP contribution in [0.1, 0.15) is 13.8 Å². The monoisotopic (exact) mass is 249 g/mol. The molecule has 7 nitrogen and oxygen atoms in total. The average molecular weight is 249 g/mol. The highest BCUT2D eigenvalue weighted by atomic mass is 16.7. The third kappa shape index (κ3) is 3.36. The van der Waals surface area contributed by atoms with Gasteiger partial charge in [0.05, 0.1) is 6.61 Å². The summed E-state index contributed by atoms with van der Waals surface area (Å²) in [5, 5.41) is 31.0. The Bertz CT molecular complexity index is 261. The first-order valence-corrected chi connectivity index (χ1v) is 5.52. The lowest BCUT2D eigenvalue weighted by Gasteiger charge is -2.42. The largest absolute Gasteiger partial charge is 0.394 e. The van der Waals surface area contributed by atoms with Crippen LogP contribution in [0.4, 0.5) is 0 Å². The summed E-state index contributed by atoms with van der Waals surface area (Å²) in [6.45, 7) is 2.91. The van der Waals surface area contributed by atoms with Gasteiger partial charge in [-0.05, 0) is 6.92 Å². The second-order valence-corrected chi connectivity index (χ2v) is 3.89. The van der Waals surface area contributed by atoms with E-state index in [2.05, 4.69) is 5.32 Å². The summed E-state index contributed by atoms with van der Waals surface area (Å²) in [5.74, 6) is -0.364. The average Bonchev–Trinajstić information content (AvgIpc) is 2.28. The van der Waals surface area contributed by atoms with Gasteiger partial charge in [-0.2, -0.15) is 0 Å². The zero-order chi connectivity index (χ0) is 13.0. The number of rotatable bonds is 4. The van der Waals surface area contributed by atoms with E-state index < -0.39 is 37.3 Å². The van der Waals surface area contributed by atoms with Crippen LogP contribution >= 0.6 is 0 Å². The van der Waals surface area contributed by atoms with Crippen molar-refractivity contribution in [2.45, 2.75) is 44.5 Å². The summed E-state index contributed by atoms with van der Waals surface area (Å²) in [5.41, 5.74) is 0. The van der Waals surface area contributed by atoms with E-state index in [1.165, 1.54) is 6.92 Å². The Morgan fingerprint density at radius 1 is 1.41 bits per heavy atom. The summed E-state index contributed by atoms with van der Waals surface area (Å²) >= 11 is 0. The van der Waals surface area contributed by atoms with Crippen LogP contribution in [0.15, 0.2) is 0 Å².